The monoisotopic (exact) mass is 397 g/mol. The first kappa shape index (κ1) is 19.1. The molecule has 1 unspecified atom stereocenters. The SMILES string of the molecule is C=C1Nc2cc(C(F)(F)F)c(-n3cnc(C)c3)cc2C(=C)N1NS(=C)(C)=O. The van der Waals surface area contributed by atoms with Gasteiger partial charge in [0.25, 0.3) is 0 Å². The van der Waals surface area contributed by atoms with E-state index < -0.39 is 21.4 Å². The van der Waals surface area contributed by atoms with Gasteiger partial charge >= 0.3 is 6.18 Å². The average Bonchev–Trinajstić information content (AvgIpc) is 2.95. The van der Waals surface area contributed by atoms with Crippen molar-refractivity contribution in [2.45, 2.75) is 13.1 Å². The largest absolute Gasteiger partial charge is 0.418 e. The van der Waals surface area contributed by atoms with Crippen molar-refractivity contribution < 1.29 is 17.4 Å². The van der Waals surface area contributed by atoms with Crippen molar-refractivity contribution in [3.05, 3.63) is 60.5 Å². The zero-order valence-corrected chi connectivity index (χ0v) is 15.5. The molecule has 0 bridgehead atoms. The summed E-state index contributed by atoms with van der Waals surface area (Å²) < 4.78 is 54.2. The van der Waals surface area contributed by atoms with Crippen LogP contribution in [0.4, 0.5) is 18.9 Å². The summed E-state index contributed by atoms with van der Waals surface area (Å²) in [5.41, 5.74) is 0.542. The highest BCUT2D eigenvalue weighted by Gasteiger charge is 2.37. The average molecular weight is 397 g/mol. The van der Waals surface area contributed by atoms with Gasteiger partial charge in [0.1, 0.15) is 5.82 Å². The lowest BCUT2D eigenvalue weighted by molar-refractivity contribution is -0.137. The number of fused-ring (bicyclic) bond motifs is 1. The Bertz CT molecular complexity index is 1050. The number of alkyl halides is 3. The van der Waals surface area contributed by atoms with Crippen LogP contribution in [-0.4, -0.2) is 30.9 Å². The topological polar surface area (TPSA) is 62.2 Å². The van der Waals surface area contributed by atoms with E-state index in [1.54, 1.807) is 6.92 Å². The Kier molecular flexibility index (Phi) is 4.35. The van der Waals surface area contributed by atoms with Crippen molar-refractivity contribution in [1.82, 2.24) is 19.4 Å². The van der Waals surface area contributed by atoms with Crippen LogP contribution >= 0.6 is 0 Å². The van der Waals surface area contributed by atoms with E-state index in [0.29, 0.717) is 17.0 Å². The summed E-state index contributed by atoms with van der Waals surface area (Å²) in [6, 6.07) is 2.36. The van der Waals surface area contributed by atoms with E-state index in [-0.39, 0.29) is 17.2 Å². The number of hydrazine groups is 1. The maximum Gasteiger partial charge on any atom is 0.418 e. The number of hydrogen-bond acceptors (Lipinski definition) is 4. The first-order valence-corrected chi connectivity index (χ1v) is 9.81. The molecule has 2 heterocycles. The number of nitrogens with one attached hydrogen (secondary N) is 2. The lowest BCUT2D eigenvalue weighted by Gasteiger charge is -2.36. The number of aromatic nitrogens is 2. The highest BCUT2D eigenvalue weighted by molar-refractivity contribution is 7.97. The highest BCUT2D eigenvalue weighted by atomic mass is 32.2. The molecule has 1 aliphatic heterocycles. The Morgan fingerprint density at radius 3 is 2.48 bits per heavy atom. The summed E-state index contributed by atoms with van der Waals surface area (Å²) in [6.07, 6.45) is -0.377. The molecule has 27 heavy (non-hydrogen) atoms. The molecule has 10 heteroatoms. The van der Waals surface area contributed by atoms with Gasteiger partial charge in [0.15, 0.2) is 0 Å². The number of imidazole rings is 1. The molecule has 0 radical (unpaired) electrons. The van der Waals surface area contributed by atoms with Crippen LogP contribution in [0.5, 0.6) is 0 Å². The van der Waals surface area contributed by atoms with Crippen LogP contribution in [0.15, 0.2) is 43.6 Å². The molecule has 1 aliphatic rings. The summed E-state index contributed by atoms with van der Waals surface area (Å²) in [4.78, 5) is 6.65. The van der Waals surface area contributed by atoms with E-state index in [1.807, 2.05) is 0 Å². The van der Waals surface area contributed by atoms with Crippen molar-refractivity contribution >= 4 is 27.0 Å². The van der Waals surface area contributed by atoms with Gasteiger partial charge in [0.05, 0.1) is 29.0 Å². The minimum absolute atomic E-state index is 0.0934. The zero-order valence-electron chi connectivity index (χ0n) is 14.7. The van der Waals surface area contributed by atoms with E-state index in [1.165, 1.54) is 34.4 Å². The minimum Gasteiger partial charge on any atom is -0.340 e. The maximum atomic E-state index is 13.6. The van der Waals surface area contributed by atoms with E-state index >= 15 is 0 Å². The summed E-state index contributed by atoms with van der Waals surface area (Å²) >= 11 is 0. The normalized spacial score (nSPS) is 16.7. The Hall–Kier alpha value is -2.72. The van der Waals surface area contributed by atoms with Gasteiger partial charge in [-0.2, -0.15) is 18.0 Å². The van der Waals surface area contributed by atoms with Crippen LogP contribution in [0.1, 0.15) is 16.8 Å². The fraction of sp³-hybridized carbons (Fsp3) is 0.176. The molecule has 0 amide bonds. The standard InChI is InChI=1S/C17H18F3N5OS/c1-10-8-24(9-21-10)16-6-13-11(2)25(23-27(4,5)26)12(3)22-15(13)7-14(16)17(18,19)20/h6-9,22H,2-4H2,1,5H3,(H,23,26). The van der Waals surface area contributed by atoms with Gasteiger partial charge in [-0.05, 0) is 24.9 Å². The van der Waals surface area contributed by atoms with Crippen molar-refractivity contribution in [1.29, 1.82) is 0 Å². The lowest BCUT2D eigenvalue weighted by Crippen LogP contribution is -2.43. The first-order valence-electron chi connectivity index (χ1n) is 7.68. The van der Waals surface area contributed by atoms with E-state index in [2.05, 4.69) is 34.2 Å². The third-order valence-corrected chi connectivity index (χ3v) is 4.41. The number of rotatable bonds is 3. The molecule has 0 fully saturated rings. The third-order valence-electron chi connectivity index (χ3n) is 3.85. The fourth-order valence-electron chi connectivity index (χ4n) is 2.72. The molecule has 3 rings (SSSR count). The van der Waals surface area contributed by atoms with Gasteiger partial charge in [0, 0.05) is 33.4 Å². The molecule has 0 aliphatic carbocycles. The Morgan fingerprint density at radius 1 is 1.30 bits per heavy atom. The van der Waals surface area contributed by atoms with Crippen LogP contribution in [0, 0.1) is 6.92 Å². The van der Waals surface area contributed by atoms with Gasteiger partial charge < -0.3 is 9.88 Å². The molecular weight excluding hydrogens is 379 g/mol. The molecule has 144 valence electrons. The van der Waals surface area contributed by atoms with Gasteiger partial charge in [-0.3, -0.25) is 9.22 Å². The van der Waals surface area contributed by atoms with E-state index in [0.717, 1.165) is 6.07 Å². The maximum absolute atomic E-state index is 13.6. The number of anilines is 1. The van der Waals surface area contributed by atoms with Crippen molar-refractivity contribution in [2.75, 3.05) is 11.6 Å². The lowest BCUT2D eigenvalue weighted by atomic mass is 10.0. The summed E-state index contributed by atoms with van der Waals surface area (Å²) in [5.74, 6) is 3.69. The van der Waals surface area contributed by atoms with Crippen LogP contribution in [0.3, 0.4) is 0 Å². The summed E-state index contributed by atoms with van der Waals surface area (Å²) in [7, 11) is -2.66. The van der Waals surface area contributed by atoms with Crippen molar-refractivity contribution in [3.8, 4) is 5.69 Å². The van der Waals surface area contributed by atoms with Gasteiger partial charge in [-0.15, -0.1) is 0 Å². The third kappa shape index (κ3) is 3.71. The Labute approximate surface area is 155 Å². The van der Waals surface area contributed by atoms with Gasteiger partial charge in [-0.25, -0.2) is 4.98 Å². The molecule has 0 saturated carbocycles. The molecule has 0 saturated heterocycles. The molecule has 1 aromatic heterocycles. The number of nitrogens with zero attached hydrogens (tertiary/aromatic N) is 3. The summed E-state index contributed by atoms with van der Waals surface area (Å²) in [6.45, 7) is 9.34. The van der Waals surface area contributed by atoms with Gasteiger partial charge in [0.2, 0.25) is 0 Å². The quantitative estimate of drug-likeness (QED) is 0.782. The highest BCUT2D eigenvalue weighted by Crippen LogP contribution is 2.41. The Balaban J connectivity index is 2.19. The number of halogens is 3. The Morgan fingerprint density at radius 2 is 1.96 bits per heavy atom. The van der Waals surface area contributed by atoms with Crippen LogP contribution in [0.2, 0.25) is 0 Å². The second-order valence-corrected chi connectivity index (χ2v) is 8.48. The number of aryl methyl sites for hydroxylation is 1. The molecule has 2 N–H and O–H groups in total. The van der Waals surface area contributed by atoms with Crippen molar-refractivity contribution in [3.63, 3.8) is 0 Å². The van der Waals surface area contributed by atoms with Crippen LogP contribution < -0.4 is 10.1 Å². The molecule has 1 atom stereocenters. The molecule has 1 aromatic carbocycles. The smallest absolute Gasteiger partial charge is 0.340 e. The second kappa shape index (κ2) is 6.17. The minimum atomic E-state index is -4.58. The fourth-order valence-corrected chi connectivity index (χ4v) is 3.33. The second-order valence-electron chi connectivity index (χ2n) is 6.29. The summed E-state index contributed by atoms with van der Waals surface area (Å²) in [5, 5.41) is 4.10. The van der Waals surface area contributed by atoms with Crippen LogP contribution in [0.25, 0.3) is 11.4 Å². The number of benzene rings is 1. The van der Waals surface area contributed by atoms with Gasteiger partial charge in [-0.1, -0.05) is 13.2 Å². The molecule has 6 nitrogen and oxygen atoms in total. The van der Waals surface area contributed by atoms with E-state index in [9.17, 15) is 17.4 Å². The predicted octanol–water partition coefficient (Wildman–Crippen LogP) is 3.13. The zero-order chi connectivity index (χ0) is 20.1. The van der Waals surface area contributed by atoms with E-state index in [4.69, 9.17) is 0 Å². The molecule has 2 aromatic rings. The number of hydrogen-bond donors (Lipinski definition) is 2. The van der Waals surface area contributed by atoms with Crippen molar-refractivity contribution in [2.24, 2.45) is 0 Å². The molecule has 0 spiro atoms. The van der Waals surface area contributed by atoms with Crippen LogP contribution in [-0.2, 0) is 15.9 Å². The first-order chi connectivity index (χ1) is 12.4. The predicted molar refractivity (Wildman–Crippen MR) is 101 cm³/mol. The molecular formula is C17H18F3N5OS.